The van der Waals surface area contributed by atoms with E-state index in [2.05, 4.69) is 15.6 Å². The highest BCUT2D eigenvalue weighted by Crippen LogP contribution is 2.47. The number of nitrogens with one attached hydrogen (secondary N) is 2. The average molecular weight is 388 g/mol. The molecule has 0 aliphatic carbocycles. The lowest BCUT2D eigenvalue weighted by atomic mass is 10.1. The first-order valence-corrected chi connectivity index (χ1v) is 10.1. The number of thioether (sulfide) groups is 1. The van der Waals surface area contributed by atoms with Crippen molar-refractivity contribution in [3.8, 4) is 0 Å². The summed E-state index contributed by atoms with van der Waals surface area (Å²) >= 11 is 2.94. The van der Waals surface area contributed by atoms with Crippen LogP contribution in [0.3, 0.4) is 0 Å². The number of hydrogen-bond acceptors (Lipinski definition) is 6. The second kappa shape index (κ2) is 7.08. The third-order valence-electron chi connectivity index (χ3n) is 4.32. The van der Waals surface area contributed by atoms with Gasteiger partial charge in [-0.1, -0.05) is 18.2 Å². The molecule has 134 valence electrons. The highest BCUT2D eigenvalue weighted by atomic mass is 32.2. The number of thiazole rings is 1. The summed E-state index contributed by atoms with van der Waals surface area (Å²) in [6.07, 6.45) is 1.77. The van der Waals surface area contributed by atoms with Crippen molar-refractivity contribution in [2.24, 2.45) is 0 Å². The van der Waals surface area contributed by atoms with Crippen molar-refractivity contribution in [3.05, 3.63) is 47.0 Å². The number of amides is 3. The molecule has 7 nitrogen and oxygen atoms in total. The molecule has 3 amide bonds. The summed E-state index contributed by atoms with van der Waals surface area (Å²) in [7, 11) is 0. The summed E-state index contributed by atoms with van der Waals surface area (Å²) in [5.74, 6) is 0.0334. The predicted molar refractivity (Wildman–Crippen MR) is 100.0 cm³/mol. The molecule has 2 aromatic rings. The van der Waals surface area contributed by atoms with Crippen LogP contribution in [0.1, 0.15) is 27.7 Å². The van der Waals surface area contributed by atoms with Gasteiger partial charge in [0.05, 0.1) is 0 Å². The minimum atomic E-state index is -0.507. The van der Waals surface area contributed by atoms with Crippen molar-refractivity contribution < 1.29 is 14.4 Å². The van der Waals surface area contributed by atoms with Gasteiger partial charge in [0.1, 0.15) is 11.4 Å². The number of rotatable bonds is 5. The lowest BCUT2D eigenvalue weighted by Gasteiger charge is -2.22. The van der Waals surface area contributed by atoms with Crippen molar-refractivity contribution in [1.82, 2.24) is 15.2 Å². The molecular weight excluding hydrogens is 372 g/mol. The van der Waals surface area contributed by atoms with E-state index in [1.165, 1.54) is 11.3 Å². The number of anilines is 1. The van der Waals surface area contributed by atoms with E-state index in [0.717, 1.165) is 5.56 Å². The molecule has 26 heavy (non-hydrogen) atoms. The lowest BCUT2D eigenvalue weighted by molar-refractivity contribution is -0.124. The molecule has 1 saturated heterocycles. The van der Waals surface area contributed by atoms with Crippen LogP contribution in [0, 0.1) is 0 Å². The first-order valence-electron chi connectivity index (χ1n) is 8.15. The summed E-state index contributed by atoms with van der Waals surface area (Å²) < 4.78 is 0. The summed E-state index contributed by atoms with van der Waals surface area (Å²) in [6.45, 7) is 0.219. The maximum absolute atomic E-state index is 12.6. The minimum Gasteiger partial charge on any atom is -0.354 e. The largest absolute Gasteiger partial charge is 0.354 e. The SMILES string of the molecule is O=C(CCNC(=O)[C@@H]1CS[C@@H]2c3ccccc3C(=O)N21)Nc1nccs1. The summed E-state index contributed by atoms with van der Waals surface area (Å²) in [5, 5.41) is 7.66. The molecule has 2 aliphatic heterocycles. The van der Waals surface area contributed by atoms with Gasteiger partial charge < -0.3 is 15.5 Å². The topological polar surface area (TPSA) is 91.4 Å². The highest BCUT2D eigenvalue weighted by molar-refractivity contribution is 7.99. The second-order valence-electron chi connectivity index (χ2n) is 5.93. The fourth-order valence-corrected chi connectivity index (χ4v) is 5.14. The monoisotopic (exact) mass is 388 g/mol. The Morgan fingerprint density at radius 1 is 1.31 bits per heavy atom. The summed E-state index contributed by atoms with van der Waals surface area (Å²) in [4.78, 5) is 42.6. The minimum absolute atomic E-state index is 0.0948. The number of carbonyl (C=O) groups excluding carboxylic acids is 3. The summed E-state index contributed by atoms with van der Waals surface area (Å²) in [6, 6.07) is 6.97. The fourth-order valence-electron chi connectivity index (χ4n) is 3.13. The van der Waals surface area contributed by atoms with E-state index in [-0.39, 0.29) is 36.1 Å². The van der Waals surface area contributed by atoms with E-state index in [9.17, 15) is 14.4 Å². The fraction of sp³-hybridized carbons (Fsp3) is 0.294. The van der Waals surface area contributed by atoms with Crippen LogP contribution >= 0.6 is 23.1 Å². The Morgan fingerprint density at radius 2 is 2.15 bits per heavy atom. The Morgan fingerprint density at radius 3 is 2.96 bits per heavy atom. The Bertz CT molecular complexity index is 855. The van der Waals surface area contributed by atoms with Crippen LogP contribution in [0.2, 0.25) is 0 Å². The highest BCUT2D eigenvalue weighted by Gasteiger charge is 2.48. The van der Waals surface area contributed by atoms with E-state index in [1.54, 1.807) is 34.3 Å². The first-order chi connectivity index (χ1) is 12.6. The zero-order valence-electron chi connectivity index (χ0n) is 13.7. The molecule has 9 heteroatoms. The molecule has 1 aromatic carbocycles. The molecule has 2 atom stereocenters. The molecule has 3 heterocycles. The van der Waals surface area contributed by atoms with Crippen LogP contribution in [0.4, 0.5) is 5.13 Å². The number of aromatic nitrogens is 1. The van der Waals surface area contributed by atoms with Crippen molar-refractivity contribution in [2.45, 2.75) is 17.8 Å². The van der Waals surface area contributed by atoms with E-state index in [0.29, 0.717) is 16.4 Å². The van der Waals surface area contributed by atoms with Crippen molar-refractivity contribution in [2.75, 3.05) is 17.6 Å². The molecular formula is C17H16N4O3S2. The number of benzene rings is 1. The van der Waals surface area contributed by atoms with Crippen LogP contribution in [0.15, 0.2) is 35.8 Å². The van der Waals surface area contributed by atoms with Gasteiger partial charge in [-0.2, -0.15) is 0 Å². The lowest BCUT2D eigenvalue weighted by Crippen LogP contribution is -2.46. The van der Waals surface area contributed by atoms with E-state index in [1.807, 2.05) is 18.2 Å². The van der Waals surface area contributed by atoms with Crippen molar-refractivity contribution in [3.63, 3.8) is 0 Å². The molecule has 2 N–H and O–H groups in total. The van der Waals surface area contributed by atoms with Gasteiger partial charge in [0.25, 0.3) is 5.91 Å². The van der Waals surface area contributed by atoms with E-state index >= 15 is 0 Å². The molecule has 4 rings (SSSR count). The van der Waals surface area contributed by atoms with Gasteiger partial charge in [-0.3, -0.25) is 14.4 Å². The molecule has 0 saturated carbocycles. The Balaban J connectivity index is 1.32. The van der Waals surface area contributed by atoms with Crippen LogP contribution < -0.4 is 10.6 Å². The molecule has 2 aliphatic rings. The Kier molecular flexibility index (Phi) is 4.64. The number of nitrogens with zero attached hydrogens (tertiary/aromatic N) is 2. The third-order valence-corrected chi connectivity index (χ3v) is 6.32. The van der Waals surface area contributed by atoms with Gasteiger partial charge in [0.2, 0.25) is 11.8 Å². The number of hydrogen-bond donors (Lipinski definition) is 2. The Hall–Kier alpha value is -2.39. The first kappa shape index (κ1) is 17.0. The molecule has 0 radical (unpaired) electrons. The maximum Gasteiger partial charge on any atom is 0.256 e. The Labute approximate surface area is 158 Å². The normalized spacial score (nSPS) is 20.6. The standard InChI is InChI=1S/C17H16N4O3S2/c22-13(20-17-19-7-8-25-17)5-6-18-14(23)12-9-26-16-11-4-2-1-3-10(11)15(24)21(12)16/h1-4,7-8,12,16H,5-6,9H2,(H,18,23)(H,19,20,22)/t12-,16+/m0/s1. The molecule has 1 aromatic heterocycles. The second-order valence-corrected chi connectivity index (χ2v) is 7.94. The molecule has 0 unspecified atom stereocenters. The molecule has 0 spiro atoms. The van der Waals surface area contributed by atoms with Crippen molar-refractivity contribution in [1.29, 1.82) is 0 Å². The van der Waals surface area contributed by atoms with E-state index in [4.69, 9.17) is 0 Å². The zero-order chi connectivity index (χ0) is 18.1. The quantitative estimate of drug-likeness (QED) is 0.816. The smallest absolute Gasteiger partial charge is 0.256 e. The third kappa shape index (κ3) is 3.08. The van der Waals surface area contributed by atoms with Crippen LogP contribution in [0.5, 0.6) is 0 Å². The van der Waals surface area contributed by atoms with Gasteiger partial charge >= 0.3 is 0 Å². The number of carbonyl (C=O) groups is 3. The zero-order valence-corrected chi connectivity index (χ0v) is 15.3. The van der Waals surface area contributed by atoms with Crippen molar-refractivity contribution >= 4 is 46.0 Å². The van der Waals surface area contributed by atoms with Gasteiger partial charge in [0.15, 0.2) is 5.13 Å². The maximum atomic E-state index is 12.6. The van der Waals surface area contributed by atoms with Gasteiger partial charge in [-0.15, -0.1) is 23.1 Å². The van der Waals surface area contributed by atoms with Gasteiger partial charge in [0, 0.05) is 35.9 Å². The van der Waals surface area contributed by atoms with Crippen LogP contribution in [-0.4, -0.2) is 45.9 Å². The van der Waals surface area contributed by atoms with Crippen LogP contribution in [-0.2, 0) is 9.59 Å². The van der Waals surface area contributed by atoms with Gasteiger partial charge in [-0.25, -0.2) is 4.98 Å². The van der Waals surface area contributed by atoms with Crippen LogP contribution in [0.25, 0.3) is 0 Å². The molecule has 1 fully saturated rings. The number of fused-ring (bicyclic) bond motifs is 3. The summed E-state index contributed by atoms with van der Waals surface area (Å²) in [5.41, 5.74) is 1.64. The average Bonchev–Trinajstić information content (AvgIpc) is 3.34. The van der Waals surface area contributed by atoms with E-state index < -0.39 is 6.04 Å². The molecule has 0 bridgehead atoms. The van der Waals surface area contributed by atoms with Gasteiger partial charge in [-0.05, 0) is 11.6 Å². The predicted octanol–water partition coefficient (Wildman–Crippen LogP) is 1.86.